The molecule has 1 rings (SSSR count). The van der Waals surface area contributed by atoms with Gasteiger partial charge in [-0.2, -0.15) is 0 Å². The normalized spacial score (nSPS) is 19.8. The van der Waals surface area contributed by atoms with Crippen molar-refractivity contribution in [3.05, 3.63) is 0 Å². The van der Waals surface area contributed by atoms with Gasteiger partial charge in [0, 0.05) is 32.7 Å². The highest BCUT2D eigenvalue weighted by atomic mass is 32.1. The molecule has 0 spiro atoms. The predicted octanol–water partition coefficient (Wildman–Crippen LogP) is 1.16. The molecule has 0 bridgehead atoms. The Morgan fingerprint density at radius 1 is 1.50 bits per heavy atom. The van der Waals surface area contributed by atoms with E-state index in [0.717, 1.165) is 45.5 Å². The third-order valence-electron chi connectivity index (χ3n) is 2.61. The number of piperidine rings is 1. The maximum absolute atomic E-state index is 5.58. The summed E-state index contributed by atoms with van der Waals surface area (Å²) in [6.07, 6.45) is 3.60. The van der Waals surface area contributed by atoms with Crippen LogP contribution in [0.15, 0.2) is 0 Å². The van der Waals surface area contributed by atoms with Crippen molar-refractivity contribution in [1.82, 2.24) is 4.90 Å². The fourth-order valence-corrected chi connectivity index (χ4v) is 1.89. The van der Waals surface area contributed by atoms with Crippen LogP contribution in [0.5, 0.6) is 0 Å². The summed E-state index contributed by atoms with van der Waals surface area (Å²) in [5, 5.41) is 0. The molecule has 14 heavy (non-hydrogen) atoms. The van der Waals surface area contributed by atoms with E-state index in [4.69, 9.17) is 22.7 Å². The Kier molecular flexibility index (Phi) is 5.37. The van der Waals surface area contributed by atoms with E-state index in [1.807, 2.05) is 0 Å². The molecule has 1 heterocycles. The monoisotopic (exact) mass is 216 g/mol. The van der Waals surface area contributed by atoms with Crippen molar-refractivity contribution < 1.29 is 4.74 Å². The first kappa shape index (κ1) is 11.9. The lowest BCUT2D eigenvalue weighted by atomic mass is 10.1. The number of hydrogen-bond acceptors (Lipinski definition) is 3. The van der Waals surface area contributed by atoms with E-state index >= 15 is 0 Å². The van der Waals surface area contributed by atoms with Gasteiger partial charge < -0.3 is 15.4 Å². The minimum absolute atomic E-state index is 0.473. The highest BCUT2D eigenvalue weighted by molar-refractivity contribution is 7.80. The molecule has 0 aliphatic carbocycles. The Morgan fingerprint density at radius 2 is 2.14 bits per heavy atom. The molecule has 1 aliphatic rings. The zero-order chi connectivity index (χ0) is 10.4. The van der Waals surface area contributed by atoms with Gasteiger partial charge in [0.15, 0.2) is 0 Å². The summed E-state index contributed by atoms with van der Waals surface area (Å²) in [6.45, 7) is 6.13. The molecule has 0 saturated carbocycles. The van der Waals surface area contributed by atoms with Crippen molar-refractivity contribution in [2.24, 2.45) is 5.73 Å². The summed E-state index contributed by atoms with van der Waals surface area (Å²) in [5.74, 6) is 0. The molecule has 0 unspecified atom stereocenters. The third kappa shape index (κ3) is 4.35. The van der Waals surface area contributed by atoms with Crippen LogP contribution in [0.25, 0.3) is 0 Å². The van der Waals surface area contributed by atoms with Gasteiger partial charge in [0.1, 0.15) is 0 Å². The molecule has 0 atom stereocenters. The van der Waals surface area contributed by atoms with Crippen molar-refractivity contribution in [1.29, 1.82) is 0 Å². The second kappa shape index (κ2) is 6.32. The van der Waals surface area contributed by atoms with Gasteiger partial charge in [-0.15, -0.1) is 0 Å². The van der Waals surface area contributed by atoms with Gasteiger partial charge in [0.05, 0.1) is 11.1 Å². The lowest BCUT2D eigenvalue weighted by molar-refractivity contribution is 0.0149. The smallest absolute Gasteiger partial charge is 0.0740 e. The molecule has 0 aromatic carbocycles. The first-order chi connectivity index (χ1) is 6.72. The largest absolute Gasteiger partial charge is 0.393 e. The first-order valence-corrected chi connectivity index (χ1v) is 5.75. The van der Waals surface area contributed by atoms with Crippen molar-refractivity contribution >= 4 is 17.2 Å². The molecule has 0 aromatic rings. The number of nitrogens with zero attached hydrogens (tertiary/aromatic N) is 1. The molecule has 3 nitrogen and oxygen atoms in total. The molecular weight excluding hydrogens is 196 g/mol. The minimum atomic E-state index is 0.473. The maximum atomic E-state index is 5.58. The van der Waals surface area contributed by atoms with Crippen LogP contribution in [0.1, 0.15) is 26.2 Å². The number of likely N-dealkylation sites (tertiary alicyclic amines) is 1. The molecular formula is C10H20N2OS. The van der Waals surface area contributed by atoms with Crippen LogP contribution in [0.4, 0.5) is 0 Å². The van der Waals surface area contributed by atoms with Gasteiger partial charge in [-0.1, -0.05) is 12.2 Å². The van der Waals surface area contributed by atoms with Crippen molar-refractivity contribution in [3.63, 3.8) is 0 Å². The molecule has 1 fully saturated rings. The highest BCUT2D eigenvalue weighted by Gasteiger charge is 2.18. The Labute approximate surface area is 91.6 Å². The van der Waals surface area contributed by atoms with E-state index in [9.17, 15) is 0 Å². The van der Waals surface area contributed by atoms with Gasteiger partial charge in [-0.3, -0.25) is 0 Å². The number of rotatable bonds is 5. The summed E-state index contributed by atoms with van der Waals surface area (Å²) >= 11 is 4.86. The van der Waals surface area contributed by atoms with E-state index in [1.165, 1.54) is 0 Å². The lowest BCUT2D eigenvalue weighted by Gasteiger charge is -2.31. The Bertz CT molecular complexity index is 179. The minimum Gasteiger partial charge on any atom is -0.393 e. The van der Waals surface area contributed by atoms with E-state index in [0.29, 0.717) is 11.1 Å². The zero-order valence-electron chi connectivity index (χ0n) is 8.87. The molecule has 4 heteroatoms. The van der Waals surface area contributed by atoms with Gasteiger partial charge >= 0.3 is 0 Å². The molecule has 82 valence electrons. The Morgan fingerprint density at radius 3 is 2.64 bits per heavy atom. The summed E-state index contributed by atoms with van der Waals surface area (Å²) in [5.41, 5.74) is 5.46. The van der Waals surface area contributed by atoms with E-state index in [-0.39, 0.29) is 0 Å². The van der Waals surface area contributed by atoms with Gasteiger partial charge in [-0.25, -0.2) is 0 Å². The fourth-order valence-electron chi connectivity index (χ4n) is 1.80. The van der Waals surface area contributed by atoms with E-state index in [2.05, 4.69) is 11.8 Å². The SMILES string of the molecule is CCOC1CCN(CCC(N)=S)CC1. The molecule has 2 N–H and O–H groups in total. The zero-order valence-corrected chi connectivity index (χ0v) is 9.68. The quantitative estimate of drug-likeness (QED) is 0.700. The third-order valence-corrected chi connectivity index (χ3v) is 2.82. The first-order valence-electron chi connectivity index (χ1n) is 5.34. The second-order valence-corrected chi connectivity index (χ2v) is 4.24. The Balaban J connectivity index is 2.12. The molecule has 1 aliphatic heterocycles. The van der Waals surface area contributed by atoms with Gasteiger partial charge in [-0.05, 0) is 19.8 Å². The fraction of sp³-hybridized carbons (Fsp3) is 0.900. The molecule has 0 aromatic heterocycles. The van der Waals surface area contributed by atoms with Gasteiger partial charge in [0.2, 0.25) is 0 Å². The van der Waals surface area contributed by atoms with E-state index in [1.54, 1.807) is 0 Å². The molecule has 1 saturated heterocycles. The van der Waals surface area contributed by atoms with Crippen molar-refractivity contribution in [2.45, 2.75) is 32.3 Å². The lowest BCUT2D eigenvalue weighted by Crippen LogP contribution is -2.38. The van der Waals surface area contributed by atoms with Crippen LogP contribution in [-0.2, 0) is 4.74 Å². The standard InChI is InChI=1S/C10H20N2OS/c1-2-13-9-3-6-12(7-4-9)8-5-10(11)14/h9H,2-8H2,1H3,(H2,11,14). The van der Waals surface area contributed by atoms with Crippen LogP contribution in [0.2, 0.25) is 0 Å². The summed E-state index contributed by atoms with van der Waals surface area (Å²) in [7, 11) is 0. The average molecular weight is 216 g/mol. The number of nitrogens with two attached hydrogens (primary N) is 1. The molecule has 0 radical (unpaired) electrons. The van der Waals surface area contributed by atoms with Crippen molar-refractivity contribution in [2.75, 3.05) is 26.2 Å². The van der Waals surface area contributed by atoms with Crippen LogP contribution in [0.3, 0.4) is 0 Å². The number of ether oxygens (including phenoxy) is 1. The maximum Gasteiger partial charge on any atom is 0.0740 e. The number of thiocarbonyl (C=S) groups is 1. The van der Waals surface area contributed by atoms with Crippen LogP contribution < -0.4 is 5.73 Å². The summed E-state index contributed by atoms with van der Waals surface area (Å²) < 4.78 is 5.58. The summed E-state index contributed by atoms with van der Waals surface area (Å²) in [4.78, 5) is 3.03. The van der Waals surface area contributed by atoms with Crippen molar-refractivity contribution in [3.8, 4) is 0 Å². The van der Waals surface area contributed by atoms with Crippen LogP contribution in [-0.4, -0.2) is 42.2 Å². The Hall–Kier alpha value is -0.190. The number of hydrogen-bond donors (Lipinski definition) is 1. The second-order valence-electron chi connectivity index (χ2n) is 3.71. The van der Waals surface area contributed by atoms with Gasteiger partial charge in [0.25, 0.3) is 0 Å². The average Bonchev–Trinajstić information content (AvgIpc) is 2.17. The van der Waals surface area contributed by atoms with Crippen LogP contribution >= 0.6 is 12.2 Å². The van der Waals surface area contributed by atoms with Crippen LogP contribution in [0, 0.1) is 0 Å². The topological polar surface area (TPSA) is 38.5 Å². The molecule has 0 amide bonds. The predicted molar refractivity (Wildman–Crippen MR) is 62.5 cm³/mol. The highest BCUT2D eigenvalue weighted by Crippen LogP contribution is 2.13. The van der Waals surface area contributed by atoms with E-state index < -0.39 is 0 Å². The summed E-state index contributed by atoms with van der Waals surface area (Å²) in [6, 6.07) is 0.